The fourth-order valence-electron chi connectivity index (χ4n) is 2.98. The maximum Gasteiger partial charge on any atom is 0.167 e. The van der Waals surface area contributed by atoms with E-state index in [2.05, 4.69) is 27.1 Å². The molecule has 1 aliphatic heterocycles. The van der Waals surface area contributed by atoms with Gasteiger partial charge in [-0.15, -0.1) is 0 Å². The van der Waals surface area contributed by atoms with Crippen LogP contribution in [0, 0.1) is 0 Å². The molecule has 1 aliphatic rings. The summed E-state index contributed by atoms with van der Waals surface area (Å²) in [6, 6.07) is 10.1. The molecule has 4 rings (SSSR count). The van der Waals surface area contributed by atoms with Crippen molar-refractivity contribution in [3.8, 4) is 0 Å². The van der Waals surface area contributed by atoms with E-state index in [1.807, 2.05) is 22.8 Å². The van der Waals surface area contributed by atoms with Crippen molar-refractivity contribution >= 4 is 17.0 Å². The predicted octanol–water partition coefficient (Wildman–Crippen LogP) is 2.30. The average Bonchev–Trinajstić information content (AvgIpc) is 3.23. The zero-order valence-corrected chi connectivity index (χ0v) is 13.2. The maximum absolute atomic E-state index is 6.09. The Morgan fingerprint density at radius 3 is 2.92 bits per heavy atom. The van der Waals surface area contributed by atoms with Crippen molar-refractivity contribution < 1.29 is 9.47 Å². The predicted molar refractivity (Wildman–Crippen MR) is 89.0 cm³/mol. The molecule has 0 spiro atoms. The minimum absolute atomic E-state index is 0.0790. The van der Waals surface area contributed by atoms with Crippen molar-refractivity contribution in [3.05, 3.63) is 48.5 Å². The maximum atomic E-state index is 6.09. The lowest BCUT2D eigenvalue weighted by Crippen LogP contribution is -2.16. The highest BCUT2D eigenvalue weighted by atomic mass is 16.5. The molecule has 0 amide bonds. The van der Waals surface area contributed by atoms with Gasteiger partial charge in [0.15, 0.2) is 11.5 Å². The van der Waals surface area contributed by atoms with Crippen LogP contribution in [0.4, 0.5) is 5.82 Å². The number of benzene rings is 1. The van der Waals surface area contributed by atoms with Crippen LogP contribution in [0.5, 0.6) is 0 Å². The lowest BCUT2D eigenvalue weighted by molar-refractivity contribution is -0.0433. The third kappa shape index (κ3) is 2.95. The molecule has 2 atom stereocenters. The second-order valence-electron chi connectivity index (χ2n) is 5.87. The Kier molecular flexibility index (Phi) is 4.10. The Labute approximate surface area is 139 Å². The van der Waals surface area contributed by atoms with Crippen molar-refractivity contribution in [1.82, 2.24) is 19.5 Å². The Bertz CT molecular complexity index is 820. The number of nitrogens with two attached hydrogens (primary N) is 1. The molecule has 0 aliphatic carbocycles. The highest BCUT2D eigenvalue weighted by Crippen LogP contribution is 2.31. The molecule has 0 radical (unpaired) electrons. The summed E-state index contributed by atoms with van der Waals surface area (Å²) < 4.78 is 13.8. The van der Waals surface area contributed by atoms with Crippen LogP contribution in [0.15, 0.2) is 43.0 Å². The number of aromatic nitrogens is 4. The summed E-state index contributed by atoms with van der Waals surface area (Å²) in [4.78, 5) is 12.5. The third-order valence-corrected chi connectivity index (χ3v) is 4.20. The van der Waals surface area contributed by atoms with Crippen molar-refractivity contribution in [2.24, 2.45) is 0 Å². The van der Waals surface area contributed by atoms with Gasteiger partial charge in [0.05, 0.1) is 25.6 Å². The summed E-state index contributed by atoms with van der Waals surface area (Å²) in [5.41, 5.74) is 8.32. The van der Waals surface area contributed by atoms with E-state index in [0.29, 0.717) is 30.2 Å². The van der Waals surface area contributed by atoms with Gasteiger partial charge in [-0.05, 0) is 18.4 Å². The van der Waals surface area contributed by atoms with Gasteiger partial charge < -0.3 is 15.2 Å². The quantitative estimate of drug-likeness (QED) is 0.774. The Balaban J connectivity index is 1.37. The third-order valence-electron chi connectivity index (χ3n) is 4.20. The van der Waals surface area contributed by atoms with Gasteiger partial charge in [-0.1, -0.05) is 30.3 Å². The van der Waals surface area contributed by atoms with Crippen molar-refractivity contribution in [1.29, 1.82) is 0 Å². The lowest BCUT2D eigenvalue weighted by Gasteiger charge is -2.15. The van der Waals surface area contributed by atoms with Crippen LogP contribution in [0.1, 0.15) is 24.6 Å². The Hall–Kier alpha value is -2.51. The summed E-state index contributed by atoms with van der Waals surface area (Å²) in [5, 5.41) is 0. The van der Waals surface area contributed by atoms with Crippen molar-refractivity contribution in [3.63, 3.8) is 0 Å². The molecular weight excluding hydrogens is 306 g/mol. The van der Waals surface area contributed by atoms with E-state index in [9.17, 15) is 0 Å². The minimum Gasteiger partial charge on any atom is -0.382 e. The van der Waals surface area contributed by atoms with Gasteiger partial charge in [-0.3, -0.25) is 4.57 Å². The molecule has 24 heavy (non-hydrogen) atoms. The molecule has 1 saturated heterocycles. The summed E-state index contributed by atoms with van der Waals surface area (Å²) >= 11 is 0. The molecule has 3 aromatic rings. The smallest absolute Gasteiger partial charge is 0.167 e. The summed E-state index contributed by atoms with van der Waals surface area (Å²) in [5.74, 6) is 0.388. The molecule has 7 nitrogen and oxygen atoms in total. The molecule has 2 unspecified atom stereocenters. The van der Waals surface area contributed by atoms with Crippen LogP contribution in [-0.2, 0) is 16.1 Å². The van der Waals surface area contributed by atoms with Gasteiger partial charge >= 0.3 is 0 Å². The number of imidazole rings is 1. The normalized spacial score (nSPS) is 20.7. The van der Waals surface area contributed by atoms with E-state index in [0.717, 1.165) is 12.8 Å². The number of nitrogen functional groups attached to an aromatic ring is 1. The van der Waals surface area contributed by atoms with Crippen LogP contribution in [-0.4, -0.2) is 32.2 Å². The zero-order valence-electron chi connectivity index (χ0n) is 13.2. The number of hydrogen-bond donors (Lipinski definition) is 1. The first-order chi connectivity index (χ1) is 11.8. The average molecular weight is 325 g/mol. The molecule has 124 valence electrons. The lowest BCUT2D eigenvalue weighted by atomic mass is 10.2. The van der Waals surface area contributed by atoms with E-state index >= 15 is 0 Å². The van der Waals surface area contributed by atoms with Gasteiger partial charge in [0, 0.05) is 0 Å². The highest BCUT2D eigenvalue weighted by molar-refractivity contribution is 5.81. The first kappa shape index (κ1) is 15.0. The fourth-order valence-corrected chi connectivity index (χ4v) is 2.98. The molecule has 2 aromatic heterocycles. The number of nitrogens with zero attached hydrogens (tertiary/aromatic N) is 4. The number of hydrogen-bond acceptors (Lipinski definition) is 6. The first-order valence-corrected chi connectivity index (χ1v) is 8.01. The van der Waals surface area contributed by atoms with Gasteiger partial charge in [-0.2, -0.15) is 0 Å². The van der Waals surface area contributed by atoms with E-state index in [1.54, 1.807) is 6.33 Å². The molecule has 3 heterocycles. The van der Waals surface area contributed by atoms with E-state index in [1.165, 1.54) is 11.9 Å². The number of fused-ring (bicyclic) bond motifs is 1. The summed E-state index contributed by atoms with van der Waals surface area (Å²) in [6.07, 6.45) is 5.00. The molecule has 2 N–H and O–H groups in total. The molecule has 7 heteroatoms. The van der Waals surface area contributed by atoms with Crippen molar-refractivity contribution in [2.75, 3.05) is 12.3 Å². The van der Waals surface area contributed by atoms with Crippen LogP contribution in [0.3, 0.4) is 0 Å². The minimum atomic E-state index is -0.0883. The standard InChI is InChI=1S/C17H19N5O2/c18-16-15-17(20-10-19-16)22(11-21-15)14-7-6-13(24-14)9-23-8-12-4-2-1-3-5-12/h1-5,10-11,13-14H,6-9H2,(H2,18,19,20). The Morgan fingerprint density at radius 2 is 2.04 bits per heavy atom. The molecular formula is C17H19N5O2. The van der Waals surface area contributed by atoms with E-state index in [4.69, 9.17) is 15.2 Å². The number of anilines is 1. The zero-order chi connectivity index (χ0) is 16.4. The summed E-state index contributed by atoms with van der Waals surface area (Å²) in [7, 11) is 0. The monoisotopic (exact) mass is 325 g/mol. The topological polar surface area (TPSA) is 88.1 Å². The van der Waals surface area contributed by atoms with Gasteiger partial charge in [0.25, 0.3) is 0 Å². The molecule has 1 aromatic carbocycles. The molecule has 0 bridgehead atoms. The fraction of sp³-hybridized carbons (Fsp3) is 0.353. The van der Waals surface area contributed by atoms with Crippen LogP contribution in [0.25, 0.3) is 11.2 Å². The summed E-state index contributed by atoms with van der Waals surface area (Å²) in [6.45, 7) is 1.18. The number of rotatable bonds is 5. The Morgan fingerprint density at radius 1 is 1.17 bits per heavy atom. The highest BCUT2D eigenvalue weighted by Gasteiger charge is 2.28. The SMILES string of the molecule is Nc1ncnc2c1ncn2C1CCC(COCc2ccccc2)O1. The number of ether oxygens (including phenoxy) is 2. The van der Waals surface area contributed by atoms with Crippen LogP contribution >= 0.6 is 0 Å². The molecule has 0 saturated carbocycles. The molecule has 1 fully saturated rings. The van der Waals surface area contributed by atoms with Gasteiger partial charge in [0.2, 0.25) is 0 Å². The largest absolute Gasteiger partial charge is 0.382 e. The van der Waals surface area contributed by atoms with Crippen molar-refractivity contribution in [2.45, 2.75) is 31.8 Å². The first-order valence-electron chi connectivity index (χ1n) is 8.01. The van der Waals surface area contributed by atoms with Gasteiger partial charge in [-0.25, -0.2) is 15.0 Å². The second-order valence-corrected chi connectivity index (χ2v) is 5.87. The van der Waals surface area contributed by atoms with Gasteiger partial charge in [0.1, 0.15) is 18.1 Å². The second kappa shape index (κ2) is 6.54. The van der Waals surface area contributed by atoms with Crippen LogP contribution < -0.4 is 5.73 Å². The van der Waals surface area contributed by atoms with Crippen LogP contribution in [0.2, 0.25) is 0 Å². The van der Waals surface area contributed by atoms with E-state index < -0.39 is 0 Å². The van der Waals surface area contributed by atoms with E-state index in [-0.39, 0.29) is 12.3 Å².